The summed E-state index contributed by atoms with van der Waals surface area (Å²) in [7, 11) is 1.15. The second kappa shape index (κ2) is 4.23. The highest BCUT2D eigenvalue weighted by Gasteiger charge is 2.05. The molecule has 1 heterocycles. The van der Waals surface area contributed by atoms with E-state index in [-0.39, 0.29) is 10.5 Å². The Morgan fingerprint density at radius 3 is 3.00 bits per heavy atom. The molecular formula is C6H7N3O5. The summed E-state index contributed by atoms with van der Waals surface area (Å²) in [5, 5.41) is 10.8. The van der Waals surface area contributed by atoms with Crippen LogP contribution in [0.4, 0.5) is 10.6 Å². The summed E-state index contributed by atoms with van der Waals surface area (Å²) in [5.41, 5.74) is -0.916. The van der Waals surface area contributed by atoms with Gasteiger partial charge < -0.3 is 5.21 Å². The molecule has 1 amide bonds. The molecule has 0 saturated carbocycles. The molecule has 1 aromatic heterocycles. The second-order valence-corrected chi connectivity index (χ2v) is 2.10. The van der Waals surface area contributed by atoms with Crippen LogP contribution in [0.15, 0.2) is 17.1 Å². The van der Waals surface area contributed by atoms with Crippen LogP contribution in [0.5, 0.6) is 0 Å². The van der Waals surface area contributed by atoms with Gasteiger partial charge in [0, 0.05) is 6.07 Å². The third kappa shape index (κ3) is 2.45. The van der Waals surface area contributed by atoms with Crippen molar-refractivity contribution in [1.82, 2.24) is 9.71 Å². The van der Waals surface area contributed by atoms with Crippen molar-refractivity contribution in [3.63, 3.8) is 0 Å². The van der Waals surface area contributed by atoms with E-state index in [1.54, 1.807) is 0 Å². The number of hydrogen-bond donors (Lipinski definition) is 2. The number of anilines is 1. The minimum atomic E-state index is -0.921. The number of carbonyl (C=O) groups excluding carboxylic acids is 1. The zero-order valence-corrected chi connectivity index (χ0v) is 7.13. The fourth-order valence-electron chi connectivity index (χ4n) is 0.667. The summed E-state index contributed by atoms with van der Waals surface area (Å²) < 4.78 is 0.271. The Morgan fingerprint density at radius 1 is 1.71 bits per heavy atom. The maximum atomic E-state index is 10.8. The lowest BCUT2D eigenvalue weighted by molar-refractivity contribution is -0.208. The molecule has 0 spiro atoms. The highest BCUT2D eigenvalue weighted by atomic mass is 17.2. The number of nitrogens with zero attached hydrogens (tertiary/aromatic N) is 2. The minimum Gasteiger partial charge on any atom is -0.424 e. The first-order valence-corrected chi connectivity index (χ1v) is 3.44. The SMILES string of the molecule is COOC(=O)Nc1ccn(O)c(=O)n1. The van der Waals surface area contributed by atoms with E-state index in [9.17, 15) is 9.59 Å². The summed E-state index contributed by atoms with van der Waals surface area (Å²) in [6.45, 7) is 0. The summed E-state index contributed by atoms with van der Waals surface area (Å²) in [4.78, 5) is 32.9. The predicted molar refractivity (Wildman–Crippen MR) is 42.8 cm³/mol. The molecule has 76 valence electrons. The monoisotopic (exact) mass is 201 g/mol. The Labute approximate surface area is 77.6 Å². The van der Waals surface area contributed by atoms with Gasteiger partial charge in [0.1, 0.15) is 5.82 Å². The molecule has 2 N–H and O–H groups in total. The van der Waals surface area contributed by atoms with E-state index >= 15 is 0 Å². The zero-order chi connectivity index (χ0) is 10.6. The van der Waals surface area contributed by atoms with Crippen molar-refractivity contribution in [2.45, 2.75) is 0 Å². The van der Waals surface area contributed by atoms with E-state index in [2.05, 4.69) is 20.1 Å². The number of aromatic nitrogens is 2. The normalized spacial score (nSPS) is 9.50. The van der Waals surface area contributed by atoms with Crippen molar-refractivity contribution < 1.29 is 19.8 Å². The van der Waals surface area contributed by atoms with Crippen molar-refractivity contribution in [3.8, 4) is 0 Å². The van der Waals surface area contributed by atoms with Gasteiger partial charge >= 0.3 is 11.8 Å². The second-order valence-electron chi connectivity index (χ2n) is 2.10. The van der Waals surface area contributed by atoms with Gasteiger partial charge in [0.2, 0.25) is 0 Å². The van der Waals surface area contributed by atoms with Gasteiger partial charge in [-0.15, -0.1) is 4.73 Å². The first kappa shape index (κ1) is 9.99. The van der Waals surface area contributed by atoms with E-state index in [0.29, 0.717) is 0 Å². The van der Waals surface area contributed by atoms with Crippen LogP contribution in [-0.2, 0) is 9.78 Å². The van der Waals surface area contributed by atoms with Crippen LogP contribution < -0.4 is 11.0 Å². The van der Waals surface area contributed by atoms with Crippen LogP contribution in [0, 0.1) is 0 Å². The molecule has 0 aliphatic heterocycles. The third-order valence-electron chi connectivity index (χ3n) is 1.17. The Kier molecular flexibility index (Phi) is 3.02. The number of carbonyl (C=O) groups is 1. The first-order chi connectivity index (χ1) is 6.63. The van der Waals surface area contributed by atoms with Crippen molar-refractivity contribution in [2.75, 3.05) is 12.4 Å². The number of nitrogens with one attached hydrogen (secondary N) is 1. The molecule has 0 fully saturated rings. The molecule has 0 saturated heterocycles. The van der Waals surface area contributed by atoms with Crippen molar-refractivity contribution in [2.24, 2.45) is 0 Å². The van der Waals surface area contributed by atoms with Gasteiger partial charge in [-0.3, -0.25) is 10.2 Å². The van der Waals surface area contributed by atoms with Gasteiger partial charge in [-0.2, -0.15) is 9.87 Å². The predicted octanol–water partition coefficient (Wildman–Crippen LogP) is -0.410. The summed E-state index contributed by atoms with van der Waals surface area (Å²) in [6, 6.07) is 1.21. The highest BCUT2D eigenvalue weighted by molar-refractivity contribution is 5.82. The third-order valence-corrected chi connectivity index (χ3v) is 1.17. The Morgan fingerprint density at radius 2 is 2.43 bits per heavy atom. The lowest BCUT2D eigenvalue weighted by atomic mass is 10.6. The maximum Gasteiger partial charge on any atom is 0.444 e. The van der Waals surface area contributed by atoms with Crippen LogP contribution in [0.3, 0.4) is 0 Å². The topological polar surface area (TPSA) is 103 Å². The standard InChI is InChI=1S/C6H7N3O5/c1-13-14-6(11)8-4-2-3-9(12)5(10)7-4/h2-3,12H,1H3,(H,7,8,10,11). The van der Waals surface area contributed by atoms with Gasteiger partial charge in [0.15, 0.2) is 0 Å². The van der Waals surface area contributed by atoms with E-state index in [1.807, 2.05) is 0 Å². The van der Waals surface area contributed by atoms with E-state index in [4.69, 9.17) is 5.21 Å². The van der Waals surface area contributed by atoms with Gasteiger partial charge in [0.05, 0.1) is 13.3 Å². The molecule has 0 aliphatic rings. The minimum absolute atomic E-state index is 0.0534. The Bertz CT molecular complexity index is 387. The van der Waals surface area contributed by atoms with Crippen LogP contribution in [-0.4, -0.2) is 28.1 Å². The van der Waals surface area contributed by atoms with E-state index < -0.39 is 11.8 Å². The van der Waals surface area contributed by atoms with Gasteiger partial charge in [-0.25, -0.2) is 9.59 Å². The van der Waals surface area contributed by atoms with E-state index in [1.165, 1.54) is 6.07 Å². The fraction of sp³-hybridized carbons (Fsp3) is 0.167. The summed E-state index contributed by atoms with van der Waals surface area (Å²) >= 11 is 0. The summed E-state index contributed by atoms with van der Waals surface area (Å²) in [6.07, 6.45) is 0.104. The Hall–Kier alpha value is -2.09. The van der Waals surface area contributed by atoms with Gasteiger partial charge in [-0.05, 0) is 0 Å². The number of rotatable bonds is 2. The molecule has 1 rings (SSSR count). The van der Waals surface area contributed by atoms with Crippen molar-refractivity contribution >= 4 is 11.9 Å². The lowest BCUT2D eigenvalue weighted by Gasteiger charge is -2.01. The smallest absolute Gasteiger partial charge is 0.424 e. The van der Waals surface area contributed by atoms with Gasteiger partial charge in [-0.1, -0.05) is 0 Å². The van der Waals surface area contributed by atoms with Crippen LogP contribution in [0.1, 0.15) is 0 Å². The molecule has 0 aromatic carbocycles. The fourth-order valence-corrected chi connectivity index (χ4v) is 0.667. The van der Waals surface area contributed by atoms with Crippen LogP contribution in [0.2, 0.25) is 0 Å². The number of amides is 1. The molecule has 14 heavy (non-hydrogen) atoms. The Balaban J connectivity index is 2.73. The molecule has 0 unspecified atom stereocenters. The first-order valence-electron chi connectivity index (χ1n) is 3.44. The summed E-state index contributed by atoms with van der Waals surface area (Å²) in [5.74, 6) is -0.0534. The lowest BCUT2D eigenvalue weighted by Crippen LogP contribution is -2.23. The van der Waals surface area contributed by atoms with Crippen molar-refractivity contribution in [3.05, 3.63) is 22.7 Å². The zero-order valence-electron chi connectivity index (χ0n) is 7.13. The molecular weight excluding hydrogens is 194 g/mol. The van der Waals surface area contributed by atoms with E-state index in [0.717, 1.165) is 13.3 Å². The molecule has 0 bridgehead atoms. The molecule has 8 nitrogen and oxygen atoms in total. The van der Waals surface area contributed by atoms with Crippen LogP contribution in [0.25, 0.3) is 0 Å². The molecule has 0 aliphatic carbocycles. The average Bonchev–Trinajstić information content (AvgIpc) is 2.12. The van der Waals surface area contributed by atoms with Gasteiger partial charge in [0.25, 0.3) is 0 Å². The molecule has 1 aromatic rings. The van der Waals surface area contributed by atoms with Crippen molar-refractivity contribution in [1.29, 1.82) is 0 Å². The quantitative estimate of drug-likeness (QED) is 0.383. The molecule has 0 radical (unpaired) electrons. The van der Waals surface area contributed by atoms with Crippen LogP contribution >= 0.6 is 0 Å². The number of hydrogen-bond acceptors (Lipinski definition) is 6. The largest absolute Gasteiger partial charge is 0.444 e. The molecule has 8 heteroatoms. The average molecular weight is 201 g/mol. The maximum absolute atomic E-state index is 10.8. The molecule has 0 atom stereocenters. The highest BCUT2D eigenvalue weighted by Crippen LogP contribution is 1.97.